The zero-order valence-corrected chi connectivity index (χ0v) is 18.3. The largest absolute Gasteiger partial charge is 0.385 e. The van der Waals surface area contributed by atoms with Gasteiger partial charge in [0.1, 0.15) is 5.82 Å². The van der Waals surface area contributed by atoms with E-state index < -0.39 is 0 Å². The predicted molar refractivity (Wildman–Crippen MR) is 121 cm³/mol. The van der Waals surface area contributed by atoms with Gasteiger partial charge in [0, 0.05) is 38.7 Å². The summed E-state index contributed by atoms with van der Waals surface area (Å²) >= 11 is 0. The van der Waals surface area contributed by atoms with E-state index in [-0.39, 0.29) is 17.6 Å². The van der Waals surface area contributed by atoms with Crippen LogP contribution in [0.25, 0.3) is 0 Å². The highest BCUT2D eigenvalue weighted by Gasteiger charge is 2.25. The molecule has 0 radical (unpaired) electrons. The molecule has 0 fully saturated rings. The molecule has 31 heavy (non-hydrogen) atoms. The Morgan fingerprint density at radius 1 is 1.06 bits per heavy atom. The molecular formula is C26H31FN2O2. The molecule has 1 aromatic heterocycles. The predicted octanol–water partition coefficient (Wildman–Crippen LogP) is 5.23. The van der Waals surface area contributed by atoms with Gasteiger partial charge in [-0.3, -0.25) is 4.79 Å². The molecular weight excluding hydrogens is 391 g/mol. The lowest BCUT2D eigenvalue weighted by Gasteiger charge is -2.28. The number of amides is 1. The van der Waals surface area contributed by atoms with Crippen LogP contribution in [0.1, 0.15) is 42.5 Å². The first-order valence-electron chi connectivity index (χ1n) is 10.8. The number of halogens is 1. The van der Waals surface area contributed by atoms with Crippen LogP contribution in [0.15, 0.2) is 72.9 Å². The zero-order chi connectivity index (χ0) is 22.1. The molecule has 0 unspecified atom stereocenters. The first-order chi connectivity index (χ1) is 15.1. The number of carbonyl (C=O) groups excluding carboxylic acids is 1. The number of aromatic nitrogens is 1. The molecule has 1 heterocycles. The van der Waals surface area contributed by atoms with E-state index in [1.807, 2.05) is 53.6 Å². The third kappa shape index (κ3) is 6.28. The Labute approximate surface area is 184 Å². The number of benzene rings is 2. The highest BCUT2D eigenvalue weighted by molar-refractivity contribution is 5.83. The number of methoxy groups -OCH3 is 1. The zero-order valence-electron chi connectivity index (χ0n) is 18.3. The van der Waals surface area contributed by atoms with E-state index in [4.69, 9.17) is 4.74 Å². The van der Waals surface area contributed by atoms with Gasteiger partial charge < -0.3 is 14.2 Å². The van der Waals surface area contributed by atoms with Crippen LogP contribution in [-0.4, -0.2) is 35.6 Å². The molecule has 0 spiro atoms. The highest BCUT2D eigenvalue weighted by Crippen LogP contribution is 2.23. The molecule has 0 aliphatic rings. The molecule has 1 amide bonds. The summed E-state index contributed by atoms with van der Waals surface area (Å²) in [6.45, 7) is 4.47. The molecule has 164 valence electrons. The van der Waals surface area contributed by atoms with Gasteiger partial charge >= 0.3 is 0 Å². The molecule has 0 aliphatic heterocycles. The molecule has 0 saturated carbocycles. The summed E-state index contributed by atoms with van der Waals surface area (Å²) in [7, 11) is 1.68. The smallest absolute Gasteiger partial charge is 0.230 e. The summed E-state index contributed by atoms with van der Waals surface area (Å²) < 4.78 is 20.6. The Balaban J connectivity index is 1.79. The third-order valence-corrected chi connectivity index (χ3v) is 5.54. The van der Waals surface area contributed by atoms with Crippen molar-refractivity contribution >= 4 is 5.91 Å². The van der Waals surface area contributed by atoms with Crippen LogP contribution in [0.2, 0.25) is 0 Å². The van der Waals surface area contributed by atoms with Gasteiger partial charge in [0.05, 0.1) is 12.5 Å². The Morgan fingerprint density at radius 3 is 2.48 bits per heavy atom. The van der Waals surface area contributed by atoms with Gasteiger partial charge in [-0.2, -0.15) is 0 Å². The number of nitrogens with zero attached hydrogens (tertiary/aromatic N) is 2. The number of ether oxygens (including phenoxy) is 1. The van der Waals surface area contributed by atoms with E-state index in [9.17, 15) is 9.18 Å². The lowest BCUT2D eigenvalue weighted by atomic mass is 9.95. The monoisotopic (exact) mass is 422 g/mol. The lowest BCUT2D eigenvalue weighted by molar-refractivity contribution is -0.133. The van der Waals surface area contributed by atoms with Crippen molar-refractivity contribution in [3.05, 3.63) is 95.6 Å². The standard InChI is InChI=1S/C26H31FN2O2/c1-3-25(22-9-5-4-6-10-22)26(30)29(17-8-18-31-2)20-24-11-7-16-28(24)19-21-12-14-23(27)15-13-21/h4-7,9-16,25H,3,8,17-20H2,1-2H3/t25-/m0/s1. The van der Waals surface area contributed by atoms with Crippen molar-refractivity contribution in [2.24, 2.45) is 0 Å². The normalized spacial score (nSPS) is 12.0. The van der Waals surface area contributed by atoms with Crippen molar-refractivity contribution in [2.45, 2.75) is 38.8 Å². The van der Waals surface area contributed by atoms with Crippen molar-refractivity contribution in [3.63, 3.8) is 0 Å². The van der Waals surface area contributed by atoms with E-state index in [1.54, 1.807) is 19.2 Å². The number of carbonyl (C=O) groups is 1. The van der Waals surface area contributed by atoms with Crippen LogP contribution in [-0.2, 0) is 22.6 Å². The first-order valence-corrected chi connectivity index (χ1v) is 10.8. The molecule has 1 atom stereocenters. The molecule has 4 nitrogen and oxygen atoms in total. The highest BCUT2D eigenvalue weighted by atomic mass is 19.1. The van der Waals surface area contributed by atoms with Gasteiger partial charge in [-0.05, 0) is 48.2 Å². The van der Waals surface area contributed by atoms with Gasteiger partial charge in [0.15, 0.2) is 0 Å². The van der Waals surface area contributed by atoms with Gasteiger partial charge in [-0.1, -0.05) is 49.4 Å². The quantitative estimate of drug-likeness (QED) is 0.396. The van der Waals surface area contributed by atoms with Crippen LogP contribution >= 0.6 is 0 Å². The second-order valence-electron chi connectivity index (χ2n) is 7.73. The fourth-order valence-corrected chi connectivity index (χ4v) is 3.85. The third-order valence-electron chi connectivity index (χ3n) is 5.54. The van der Waals surface area contributed by atoms with Gasteiger partial charge in [0.25, 0.3) is 0 Å². The average molecular weight is 423 g/mol. The first kappa shape index (κ1) is 22.8. The minimum atomic E-state index is -0.238. The summed E-state index contributed by atoms with van der Waals surface area (Å²) in [5.74, 6) is -0.262. The Kier molecular flexibility index (Phi) is 8.42. The molecule has 3 aromatic rings. The maximum atomic E-state index is 13.5. The Bertz CT molecular complexity index is 938. The van der Waals surface area contributed by atoms with Gasteiger partial charge in [0.2, 0.25) is 5.91 Å². The van der Waals surface area contributed by atoms with E-state index in [1.165, 1.54) is 12.1 Å². The summed E-state index contributed by atoms with van der Waals surface area (Å²) in [6.07, 6.45) is 3.54. The molecule has 0 saturated heterocycles. The van der Waals surface area contributed by atoms with Gasteiger partial charge in [-0.25, -0.2) is 4.39 Å². The molecule has 0 N–H and O–H groups in total. The minimum absolute atomic E-state index is 0.138. The van der Waals surface area contributed by atoms with Crippen LogP contribution in [0.5, 0.6) is 0 Å². The second-order valence-corrected chi connectivity index (χ2v) is 7.73. The minimum Gasteiger partial charge on any atom is -0.385 e. The summed E-state index contributed by atoms with van der Waals surface area (Å²) in [5.41, 5.74) is 3.12. The SMILES string of the molecule is CC[C@H](C(=O)N(CCCOC)Cc1cccn1Cc1ccc(F)cc1)c1ccccc1. The summed E-state index contributed by atoms with van der Waals surface area (Å²) in [4.78, 5) is 15.5. The van der Waals surface area contributed by atoms with Crippen LogP contribution in [0, 0.1) is 5.82 Å². The second kappa shape index (κ2) is 11.5. The number of rotatable bonds is 11. The average Bonchev–Trinajstić information content (AvgIpc) is 3.22. The summed E-state index contributed by atoms with van der Waals surface area (Å²) in [5, 5.41) is 0. The topological polar surface area (TPSA) is 34.5 Å². The Hall–Kier alpha value is -2.92. The molecule has 2 aromatic carbocycles. The summed E-state index contributed by atoms with van der Waals surface area (Å²) in [6, 6.07) is 20.6. The maximum absolute atomic E-state index is 13.5. The fourth-order valence-electron chi connectivity index (χ4n) is 3.85. The van der Waals surface area contributed by atoms with Crippen LogP contribution in [0.3, 0.4) is 0 Å². The number of hydrogen-bond acceptors (Lipinski definition) is 2. The van der Waals surface area contributed by atoms with E-state index >= 15 is 0 Å². The maximum Gasteiger partial charge on any atom is 0.230 e. The van der Waals surface area contributed by atoms with E-state index in [0.29, 0.717) is 26.2 Å². The molecule has 0 aliphatic carbocycles. The van der Waals surface area contributed by atoms with Crippen molar-refractivity contribution in [3.8, 4) is 0 Å². The van der Waals surface area contributed by atoms with Crippen LogP contribution in [0.4, 0.5) is 4.39 Å². The fraction of sp³-hybridized carbons (Fsp3) is 0.346. The van der Waals surface area contributed by atoms with Crippen molar-refractivity contribution in [2.75, 3.05) is 20.3 Å². The van der Waals surface area contributed by atoms with E-state index in [2.05, 4.69) is 11.5 Å². The van der Waals surface area contributed by atoms with Gasteiger partial charge in [-0.15, -0.1) is 0 Å². The van der Waals surface area contributed by atoms with E-state index in [0.717, 1.165) is 29.7 Å². The van der Waals surface area contributed by atoms with Crippen molar-refractivity contribution < 1.29 is 13.9 Å². The Morgan fingerprint density at radius 2 is 1.81 bits per heavy atom. The van der Waals surface area contributed by atoms with Crippen molar-refractivity contribution in [1.82, 2.24) is 9.47 Å². The number of hydrogen-bond donors (Lipinski definition) is 0. The van der Waals surface area contributed by atoms with Crippen LogP contribution < -0.4 is 0 Å². The molecule has 0 bridgehead atoms. The molecule has 5 heteroatoms. The van der Waals surface area contributed by atoms with Crippen molar-refractivity contribution in [1.29, 1.82) is 0 Å². The lowest BCUT2D eigenvalue weighted by Crippen LogP contribution is -2.36. The molecule has 3 rings (SSSR count).